The molecule has 0 aromatic carbocycles. The van der Waals surface area contributed by atoms with Crippen LogP contribution in [-0.4, -0.2) is 99.9 Å². The van der Waals surface area contributed by atoms with Gasteiger partial charge in [0.05, 0.1) is 11.5 Å². The summed E-state index contributed by atoms with van der Waals surface area (Å²) >= 11 is 0. The second-order valence-corrected chi connectivity index (χ2v) is 13.2. The summed E-state index contributed by atoms with van der Waals surface area (Å²) in [5, 5.41) is 0. The lowest BCUT2D eigenvalue weighted by molar-refractivity contribution is -0.439. The zero-order valence-corrected chi connectivity index (χ0v) is 23.2. The Morgan fingerprint density at radius 1 is 0.306 bits per heavy atom. The van der Waals surface area contributed by atoms with Crippen molar-refractivity contribution in [3.63, 3.8) is 0 Å². The minimum absolute atomic E-state index is 0.214. The quantitative estimate of drug-likeness (QED) is 0.164. The van der Waals surface area contributed by atoms with E-state index in [0.29, 0.717) is 0 Å². The van der Waals surface area contributed by atoms with Crippen LogP contribution in [0.4, 0.5) is 114 Å². The smallest absolute Gasteiger partial charge is 0.211 e. The van der Waals surface area contributed by atoms with Crippen molar-refractivity contribution in [2.24, 2.45) is 0 Å². The van der Waals surface area contributed by atoms with Crippen LogP contribution in [0, 0.1) is 0 Å². The molecule has 0 aromatic rings. The van der Waals surface area contributed by atoms with Gasteiger partial charge < -0.3 is 0 Å². The fraction of sp³-hybridized carbons (Fsp3) is 1.00. The van der Waals surface area contributed by atoms with Crippen LogP contribution in [-0.2, 0) is 20.0 Å². The molecule has 49 heavy (non-hydrogen) atoms. The molecule has 0 amide bonds. The molecule has 1 N–H and O–H groups in total. The van der Waals surface area contributed by atoms with Crippen molar-refractivity contribution in [3.8, 4) is 0 Å². The molecule has 33 heteroatoms. The standard InChI is InChI=1S/C16H9F26NO4S2/c17-5(18,7(21,22)9(25,26)11(29,30)13(33,34)15(37,38)39)1-3-48(44,45)43-49(46,47)4-2-6(19,20)8(23,24)10(27,28)12(31,32)14(35,36)16(40,41)42/h43H,1-4H2. The third-order valence-corrected chi connectivity index (χ3v) is 9.13. The Balaban J connectivity index is 6.19. The highest BCUT2D eigenvalue weighted by molar-refractivity contribution is 8.04. The van der Waals surface area contributed by atoms with Gasteiger partial charge in [-0.15, -0.1) is 4.13 Å². The summed E-state index contributed by atoms with van der Waals surface area (Å²) in [6.07, 6.45) is -23.1. The summed E-state index contributed by atoms with van der Waals surface area (Å²) in [4.78, 5) is 0. The Morgan fingerprint density at radius 3 is 0.673 bits per heavy atom. The molecule has 0 fully saturated rings. The fourth-order valence-corrected chi connectivity index (χ4v) is 5.98. The number of halogens is 26. The average Bonchev–Trinajstić information content (AvgIpc) is 2.83. The normalized spacial score (nSPS) is 16.7. The Morgan fingerprint density at radius 2 is 0.490 bits per heavy atom. The molecule has 0 atom stereocenters. The number of nitrogens with one attached hydrogen (secondary N) is 1. The highest BCUT2D eigenvalue weighted by atomic mass is 32.3. The first kappa shape index (κ1) is 47.0. The molecule has 296 valence electrons. The second-order valence-electron chi connectivity index (χ2n) is 9.22. The van der Waals surface area contributed by atoms with Gasteiger partial charge in [0.25, 0.3) is 0 Å². The Bertz CT molecular complexity index is 1300. The van der Waals surface area contributed by atoms with Gasteiger partial charge in [0.15, 0.2) is 0 Å². The van der Waals surface area contributed by atoms with Gasteiger partial charge in [-0.2, -0.15) is 114 Å². The maximum atomic E-state index is 13.7. The molecule has 0 spiro atoms. The second kappa shape index (κ2) is 12.3. The lowest BCUT2D eigenvalue weighted by Gasteiger charge is -2.39. The van der Waals surface area contributed by atoms with Gasteiger partial charge in [-0.05, 0) is 0 Å². The van der Waals surface area contributed by atoms with Crippen molar-refractivity contribution in [3.05, 3.63) is 0 Å². The van der Waals surface area contributed by atoms with Crippen molar-refractivity contribution in [2.75, 3.05) is 11.5 Å². The first-order valence-corrected chi connectivity index (χ1v) is 14.1. The predicted octanol–water partition coefficient (Wildman–Crippen LogP) is 7.49. The van der Waals surface area contributed by atoms with Gasteiger partial charge >= 0.3 is 71.6 Å². The number of rotatable bonds is 16. The van der Waals surface area contributed by atoms with E-state index in [1.807, 2.05) is 0 Å². The highest BCUT2D eigenvalue weighted by Crippen LogP contribution is 2.62. The summed E-state index contributed by atoms with van der Waals surface area (Å²) in [5.74, 6) is -87.4. The molecule has 0 bridgehead atoms. The maximum Gasteiger partial charge on any atom is 0.460 e. The van der Waals surface area contributed by atoms with Crippen LogP contribution in [0.15, 0.2) is 0 Å². The first-order valence-electron chi connectivity index (χ1n) is 10.8. The molecule has 0 unspecified atom stereocenters. The molecule has 0 aliphatic rings. The van der Waals surface area contributed by atoms with Crippen LogP contribution < -0.4 is 4.13 Å². The van der Waals surface area contributed by atoms with E-state index < -0.39 is 116 Å². The largest absolute Gasteiger partial charge is 0.460 e. The lowest BCUT2D eigenvalue weighted by Crippen LogP contribution is -2.70. The van der Waals surface area contributed by atoms with Gasteiger partial charge in [-0.3, -0.25) is 0 Å². The summed E-state index contributed by atoms with van der Waals surface area (Å²) in [6.45, 7) is 0. The SMILES string of the molecule is O=S(=O)(CCC(F)(F)C(F)(F)C(F)(F)C(F)(F)C(F)(F)C(F)(F)F)NS(=O)(=O)CCC(F)(F)C(F)(F)C(F)(F)C(F)(F)C(F)(F)C(F)(F)F. The zero-order valence-electron chi connectivity index (χ0n) is 21.6. The van der Waals surface area contributed by atoms with Gasteiger partial charge in [0, 0.05) is 12.8 Å². The van der Waals surface area contributed by atoms with Crippen molar-refractivity contribution in [2.45, 2.75) is 84.4 Å². The van der Waals surface area contributed by atoms with Crippen LogP contribution in [0.3, 0.4) is 0 Å². The Hall–Kier alpha value is -1.96. The molecule has 0 saturated heterocycles. The van der Waals surface area contributed by atoms with E-state index in [2.05, 4.69) is 0 Å². The summed E-state index contributed by atoms with van der Waals surface area (Å²) in [5.41, 5.74) is 0. The number of alkyl halides is 26. The average molecular weight is 837 g/mol. The fourth-order valence-electron chi connectivity index (χ4n) is 2.72. The minimum Gasteiger partial charge on any atom is -0.211 e. The Labute approximate surface area is 252 Å². The molecule has 0 aromatic heterocycles. The van der Waals surface area contributed by atoms with E-state index in [4.69, 9.17) is 0 Å². The summed E-state index contributed by atoms with van der Waals surface area (Å²) in [6, 6.07) is 0. The van der Waals surface area contributed by atoms with Crippen LogP contribution in [0.2, 0.25) is 0 Å². The van der Waals surface area contributed by atoms with E-state index in [0.717, 1.165) is 0 Å². The number of hydrogen-bond donors (Lipinski definition) is 1. The van der Waals surface area contributed by atoms with E-state index >= 15 is 0 Å². The molecule has 0 saturated carbocycles. The molecular formula is C16H9F26NO4S2. The molecule has 0 aliphatic heterocycles. The minimum atomic E-state index is -8.47. The zero-order chi connectivity index (χ0) is 40.5. The number of sulfonamides is 2. The predicted molar refractivity (Wildman–Crippen MR) is 102 cm³/mol. The van der Waals surface area contributed by atoms with Crippen LogP contribution >= 0.6 is 0 Å². The van der Waals surface area contributed by atoms with Crippen LogP contribution in [0.5, 0.6) is 0 Å². The third-order valence-electron chi connectivity index (χ3n) is 5.62. The van der Waals surface area contributed by atoms with Gasteiger partial charge in [0.2, 0.25) is 20.0 Å². The van der Waals surface area contributed by atoms with Crippen molar-refractivity contribution in [1.29, 1.82) is 0 Å². The van der Waals surface area contributed by atoms with Gasteiger partial charge in [0.1, 0.15) is 0 Å². The number of hydrogen-bond acceptors (Lipinski definition) is 4. The molecular weight excluding hydrogens is 828 g/mol. The van der Waals surface area contributed by atoms with Crippen molar-refractivity contribution in [1.82, 2.24) is 4.13 Å². The van der Waals surface area contributed by atoms with E-state index in [1.165, 1.54) is 0 Å². The van der Waals surface area contributed by atoms with Gasteiger partial charge in [-0.1, -0.05) is 0 Å². The highest BCUT2D eigenvalue weighted by Gasteiger charge is 2.92. The van der Waals surface area contributed by atoms with Crippen molar-refractivity contribution >= 4 is 20.0 Å². The molecule has 0 radical (unpaired) electrons. The summed E-state index contributed by atoms with van der Waals surface area (Å²) in [7, 11) is -13.2. The van der Waals surface area contributed by atoms with Crippen LogP contribution in [0.25, 0.3) is 0 Å². The third kappa shape index (κ3) is 7.65. The van der Waals surface area contributed by atoms with Crippen LogP contribution in [0.1, 0.15) is 12.8 Å². The topological polar surface area (TPSA) is 80.3 Å². The maximum absolute atomic E-state index is 13.7. The van der Waals surface area contributed by atoms with Gasteiger partial charge in [-0.25, -0.2) is 16.8 Å². The Kier molecular flexibility index (Phi) is 11.8. The van der Waals surface area contributed by atoms with E-state index in [1.54, 1.807) is 0 Å². The lowest BCUT2D eigenvalue weighted by atomic mass is 9.93. The molecule has 0 heterocycles. The van der Waals surface area contributed by atoms with E-state index in [9.17, 15) is 131 Å². The first-order chi connectivity index (χ1) is 20.6. The molecule has 5 nitrogen and oxygen atoms in total. The molecule has 0 rings (SSSR count). The molecule has 0 aliphatic carbocycles. The monoisotopic (exact) mass is 837 g/mol. The van der Waals surface area contributed by atoms with E-state index in [-0.39, 0.29) is 4.13 Å². The summed E-state index contributed by atoms with van der Waals surface area (Å²) < 4.78 is 385. The van der Waals surface area contributed by atoms with Crippen molar-refractivity contribution < 1.29 is 131 Å².